The van der Waals surface area contributed by atoms with Crippen molar-refractivity contribution in [1.82, 2.24) is 24.8 Å². The summed E-state index contributed by atoms with van der Waals surface area (Å²) in [7, 11) is 0. The van der Waals surface area contributed by atoms with Crippen molar-refractivity contribution in [3.8, 4) is 0 Å². The number of anilines is 1. The van der Waals surface area contributed by atoms with E-state index in [-0.39, 0.29) is 23.7 Å². The average molecular weight is 440 g/mol. The van der Waals surface area contributed by atoms with Gasteiger partial charge in [-0.3, -0.25) is 14.6 Å². The molecule has 1 aromatic carbocycles. The molecule has 3 aromatic rings. The molecule has 168 valence electrons. The zero-order valence-electron chi connectivity index (χ0n) is 17.8. The number of carbonyl (C=O) groups is 1. The maximum Gasteiger partial charge on any atom is 0.270 e. The second-order valence-corrected chi connectivity index (χ2v) is 7.51. The third-order valence-corrected chi connectivity index (χ3v) is 5.37. The number of nitrogens with one attached hydrogen (secondary N) is 2. The zero-order chi connectivity index (χ0) is 22.5. The first-order valence-corrected chi connectivity index (χ1v) is 10.5. The van der Waals surface area contributed by atoms with Gasteiger partial charge in [-0.1, -0.05) is 12.1 Å². The monoisotopic (exact) mass is 440 g/mol. The van der Waals surface area contributed by atoms with Crippen LogP contribution in [0.15, 0.2) is 47.7 Å². The van der Waals surface area contributed by atoms with Gasteiger partial charge in [0.25, 0.3) is 11.5 Å². The van der Waals surface area contributed by atoms with Gasteiger partial charge >= 0.3 is 0 Å². The van der Waals surface area contributed by atoms with Crippen LogP contribution >= 0.6 is 0 Å². The number of rotatable bonds is 7. The molecule has 0 radical (unpaired) electrons. The highest BCUT2D eigenvalue weighted by atomic mass is 19.1. The molecular weight excluding hydrogens is 415 g/mol. The Balaban J connectivity index is 1.62. The molecule has 1 saturated heterocycles. The summed E-state index contributed by atoms with van der Waals surface area (Å²) in [5.74, 6) is -0.201. The Labute approximate surface area is 184 Å². The fourth-order valence-electron chi connectivity index (χ4n) is 3.67. The van der Waals surface area contributed by atoms with Gasteiger partial charge in [0.1, 0.15) is 11.5 Å². The predicted octanol–water partition coefficient (Wildman–Crippen LogP) is 1.68. The maximum absolute atomic E-state index is 13.5. The number of aromatic nitrogens is 4. The topological polar surface area (TPSA) is 105 Å². The molecule has 9 nitrogen and oxygen atoms in total. The van der Waals surface area contributed by atoms with Gasteiger partial charge in [-0.2, -0.15) is 0 Å². The first-order valence-electron chi connectivity index (χ1n) is 10.5. The number of nitrogens with zero attached hydrogens (tertiary/aromatic N) is 4. The van der Waals surface area contributed by atoms with Gasteiger partial charge in [-0.05, 0) is 24.6 Å². The lowest BCUT2D eigenvalue weighted by atomic mass is 10.0. The van der Waals surface area contributed by atoms with E-state index in [2.05, 4.69) is 20.3 Å². The van der Waals surface area contributed by atoms with Gasteiger partial charge in [-0.25, -0.2) is 14.4 Å². The highest BCUT2D eigenvalue weighted by Crippen LogP contribution is 2.20. The second-order valence-electron chi connectivity index (χ2n) is 7.51. The number of H-pyrrole nitrogens is 1. The molecule has 2 N–H and O–H groups in total. The summed E-state index contributed by atoms with van der Waals surface area (Å²) in [6, 6.07) is 6.82. The van der Waals surface area contributed by atoms with Crippen LogP contribution in [-0.2, 0) is 17.7 Å². The van der Waals surface area contributed by atoms with E-state index in [1.165, 1.54) is 24.4 Å². The van der Waals surface area contributed by atoms with E-state index in [0.29, 0.717) is 55.7 Å². The number of aromatic amines is 1. The van der Waals surface area contributed by atoms with Crippen LogP contribution in [-0.4, -0.2) is 51.7 Å². The molecular formula is C22H25FN6O3. The van der Waals surface area contributed by atoms with Crippen LogP contribution < -0.4 is 15.8 Å². The molecule has 32 heavy (non-hydrogen) atoms. The van der Waals surface area contributed by atoms with Gasteiger partial charge in [0.15, 0.2) is 0 Å². The Morgan fingerprint density at radius 2 is 2.03 bits per heavy atom. The smallest absolute Gasteiger partial charge is 0.270 e. The van der Waals surface area contributed by atoms with Gasteiger partial charge < -0.3 is 19.5 Å². The number of carbonyl (C=O) groups excluding carboxylic acids is 1. The summed E-state index contributed by atoms with van der Waals surface area (Å²) in [5, 5.41) is 2.99. The second kappa shape index (κ2) is 9.73. The molecule has 1 aliphatic heterocycles. The highest BCUT2D eigenvalue weighted by Gasteiger charge is 2.21. The van der Waals surface area contributed by atoms with E-state index in [1.807, 2.05) is 11.8 Å². The number of morpholine rings is 1. The number of ether oxygens (including phenoxy) is 1. The van der Waals surface area contributed by atoms with Crippen molar-refractivity contribution in [2.24, 2.45) is 0 Å². The molecule has 0 unspecified atom stereocenters. The van der Waals surface area contributed by atoms with Crippen molar-refractivity contribution in [3.63, 3.8) is 0 Å². The first-order chi connectivity index (χ1) is 15.5. The quantitative estimate of drug-likeness (QED) is 0.579. The SMILES string of the molecule is CCn1cncc1C(=O)N[C@H](Cc1cc(=O)[nH]c(N2CCOCC2)n1)c1ccc(F)cc1. The van der Waals surface area contributed by atoms with Crippen molar-refractivity contribution >= 4 is 11.9 Å². The van der Waals surface area contributed by atoms with Crippen LogP contribution in [0.3, 0.4) is 0 Å². The summed E-state index contributed by atoms with van der Waals surface area (Å²) < 4.78 is 20.6. The molecule has 1 fully saturated rings. The molecule has 1 atom stereocenters. The molecule has 1 aliphatic rings. The molecule has 3 heterocycles. The minimum Gasteiger partial charge on any atom is -0.378 e. The zero-order valence-corrected chi connectivity index (χ0v) is 17.8. The van der Waals surface area contributed by atoms with E-state index in [4.69, 9.17) is 4.74 Å². The molecule has 0 spiro atoms. The van der Waals surface area contributed by atoms with Crippen molar-refractivity contribution in [2.45, 2.75) is 25.9 Å². The predicted molar refractivity (Wildman–Crippen MR) is 116 cm³/mol. The van der Waals surface area contributed by atoms with Crippen molar-refractivity contribution in [3.05, 3.63) is 76.0 Å². The van der Waals surface area contributed by atoms with Crippen LogP contribution in [0.25, 0.3) is 0 Å². The molecule has 4 rings (SSSR count). The van der Waals surface area contributed by atoms with Crippen LogP contribution in [0.4, 0.5) is 10.3 Å². The fraction of sp³-hybridized carbons (Fsp3) is 0.364. The summed E-state index contributed by atoms with van der Waals surface area (Å²) in [5.41, 5.74) is 1.38. The van der Waals surface area contributed by atoms with Crippen LogP contribution in [0.1, 0.15) is 34.7 Å². The number of amides is 1. The van der Waals surface area contributed by atoms with Crippen molar-refractivity contribution in [1.29, 1.82) is 0 Å². The number of hydrogen-bond acceptors (Lipinski definition) is 6. The van der Waals surface area contributed by atoms with Crippen molar-refractivity contribution < 1.29 is 13.9 Å². The van der Waals surface area contributed by atoms with Crippen molar-refractivity contribution in [2.75, 3.05) is 31.2 Å². The molecule has 1 amide bonds. The van der Waals surface area contributed by atoms with Gasteiger partial charge in [0.2, 0.25) is 5.95 Å². The molecule has 2 aromatic heterocycles. The Kier molecular flexibility index (Phi) is 6.60. The largest absolute Gasteiger partial charge is 0.378 e. The van der Waals surface area contributed by atoms with Crippen LogP contribution in [0.5, 0.6) is 0 Å². The molecule has 0 bridgehead atoms. The lowest BCUT2D eigenvalue weighted by Gasteiger charge is -2.27. The lowest BCUT2D eigenvalue weighted by Crippen LogP contribution is -2.38. The van der Waals surface area contributed by atoms with Gasteiger partial charge in [-0.15, -0.1) is 0 Å². The Morgan fingerprint density at radius 1 is 1.28 bits per heavy atom. The average Bonchev–Trinajstić information content (AvgIpc) is 3.28. The summed E-state index contributed by atoms with van der Waals surface area (Å²) in [6.07, 6.45) is 3.36. The normalized spacial score (nSPS) is 14.9. The fourth-order valence-corrected chi connectivity index (χ4v) is 3.67. The lowest BCUT2D eigenvalue weighted by molar-refractivity contribution is 0.0927. The minimum atomic E-state index is -0.518. The number of aryl methyl sites for hydroxylation is 1. The van der Waals surface area contributed by atoms with E-state index in [1.54, 1.807) is 23.0 Å². The van der Waals surface area contributed by atoms with E-state index >= 15 is 0 Å². The Bertz CT molecular complexity index is 1120. The molecule has 0 saturated carbocycles. The summed E-state index contributed by atoms with van der Waals surface area (Å²) >= 11 is 0. The van der Waals surface area contributed by atoms with E-state index in [0.717, 1.165) is 0 Å². The van der Waals surface area contributed by atoms with Crippen LogP contribution in [0, 0.1) is 5.82 Å². The Morgan fingerprint density at radius 3 is 2.75 bits per heavy atom. The minimum absolute atomic E-state index is 0.263. The first kappa shape index (κ1) is 21.7. The molecule has 0 aliphatic carbocycles. The van der Waals surface area contributed by atoms with E-state index < -0.39 is 6.04 Å². The third kappa shape index (κ3) is 5.02. The summed E-state index contributed by atoms with van der Waals surface area (Å²) in [4.78, 5) is 38.6. The Hall–Kier alpha value is -3.53. The van der Waals surface area contributed by atoms with Gasteiger partial charge in [0.05, 0.1) is 37.5 Å². The van der Waals surface area contributed by atoms with E-state index in [9.17, 15) is 14.0 Å². The third-order valence-electron chi connectivity index (χ3n) is 5.37. The molecule has 10 heteroatoms. The van der Waals surface area contributed by atoms with Crippen LogP contribution in [0.2, 0.25) is 0 Å². The number of imidazole rings is 1. The highest BCUT2D eigenvalue weighted by molar-refractivity contribution is 5.92. The number of benzene rings is 1. The number of hydrogen-bond donors (Lipinski definition) is 2. The number of halogens is 1. The standard InChI is InChI=1S/C22H25FN6O3/c1-2-28-14-24-13-19(28)21(31)26-18(15-3-5-16(23)6-4-15)11-17-12-20(30)27-22(25-17)29-7-9-32-10-8-29/h3-6,12-14,18H,2,7-11H2,1H3,(H,26,31)(H,25,27,30)/t18-/m1/s1. The van der Waals surface area contributed by atoms with Gasteiger partial charge in [0, 0.05) is 32.1 Å². The maximum atomic E-state index is 13.5. The summed E-state index contributed by atoms with van der Waals surface area (Å²) in [6.45, 7) is 4.91.